The normalized spacial score (nSPS) is 12.4. The van der Waals surface area contributed by atoms with E-state index in [0.717, 1.165) is 30.0 Å². The number of nitrogens with zero attached hydrogens (tertiary/aromatic N) is 1. The minimum absolute atomic E-state index is 0.150. The molecule has 1 unspecified atom stereocenters. The molecular formula is C16H27FN2OS. The Kier molecular flexibility index (Phi) is 8.73. The van der Waals surface area contributed by atoms with E-state index in [1.54, 1.807) is 13.2 Å². The van der Waals surface area contributed by atoms with Gasteiger partial charge in [-0.05, 0) is 24.8 Å². The zero-order valence-corrected chi connectivity index (χ0v) is 14.3. The zero-order valence-electron chi connectivity index (χ0n) is 13.5. The molecular weight excluding hydrogens is 287 g/mol. The lowest BCUT2D eigenvalue weighted by Crippen LogP contribution is -2.34. The first kappa shape index (κ1) is 18.3. The molecule has 0 aromatic heterocycles. The molecule has 1 rings (SSSR count). The van der Waals surface area contributed by atoms with Crippen molar-refractivity contribution in [3.63, 3.8) is 0 Å². The third-order valence-electron chi connectivity index (χ3n) is 3.64. The van der Waals surface area contributed by atoms with E-state index in [0.29, 0.717) is 19.2 Å². The maximum atomic E-state index is 14.2. The summed E-state index contributed by atoms with van der Waals surface area (Å²) in [5.74, 6) is 0.892. The van der Waals surface area contributed by atoms with Crippen LogP contribution in [0.4, 0.5) is 10.1 Å². The number of ether oxygens (including phenoxy) is 1. The summed E-state index contributed by atoms with van der Waals surface area (Å²) in [5, 5.41) is 3.23. The number of hydrogen-bond donors (Lipinski definition) is 1. The van der Waals surface area contributed by atoms with Gasteiger partial charge in [0.25, 0.3) is 0 Å². The van der Waals surface area contributed by atoms with Gasteiger partial charge >= 0.3 is 0 Å². The summed E-state index contributed by atoms with van der Waals surface area (Å²) < 4.78 is 19.2. The number of thioether (sulfide) groups is 1. The van der Waals surface area contributed by atoms with E-state index < -0.39 is 0 Å². The first-order valence-electron chi connectivity index (χ1n) is 7.34. The molecule has 0 aliphatic heterocycles. The Morgan fingerprint density at radius 2 is 2.19 bits per heavy atom. The van der Waals surface area contributed by atoms with Crippen LogP contribution in [0.15, 0.2) is 18.2 Å². The van der Waals surface area contributed by atoms with Crippen LogP contribution >= 0.6 is 11.8 Å². The van der Waals surface area contributed by atoms with E-state index in [2.05, 4.69) is 30.4 Å². The lowest BCUT2D eigenvalue weighted by molar-refractivity contribution is 0.199. The highest BCUT2D eigenvalue weighted by atomic mass is 32.2. The van der Waals surface area contributed by atoms with Crippen LogP contribution in [-0.4, -0.2) is 45.4 Å². The summed E-state index contributed by atoms with van der Waals surface area (Å²) in [7, 11) is 3.72. The largest absolute Gasteiger partial charge is 0.383 e. The molecule has 0 amide bonds. The van der Waals surface area contributed by atoms with Crippen LogP contribution in [0.3, 0.4) is 0 Å². The number of halogens is 1. The average Bonchev–Trinajstić information content (AvgIpc) is 2.49. The van der Waals surface area contributed by atoms with Gasteiger partial charge in [-0.25, -0.2) is 4.39 Å². The van der Waals surface area contributed by atoms with Gasteiger partial charge in [0.15, 0.2) is 0 Å². The van der Waals surface area contributed by atoms with E-state index in [1.165, 1.54) is 6.07 Å². The number of hydrogen-bond acceptors (Lipinski definition) is 4. The van der Waals surface area contributed by atoms with Crippen LogP contribution in [0.25, 0.3) is 0 Å². The molecule has 1 aromatic rings. The van der Waals surface area contributed by atoms with Crippen molar-refractivity contribution in [1.82, 2.24) is 5.32 Å². The van der Waals surface area contributed by atoms with Gasteiger partial charge in [0.2, 0.25) is 0 Å². The van der Waals surface area contributed by atoms with Crippen molar-refractivity contribution in [2.45, 2.75) is 25.9 Å². The minimum atomic E-state index is -0.150. The molecule has 3 nitrogen and oxygen atoms in total. The van der Waals surface area contributed by atoms with Crippen LogP contribution in [0.5, 0.6) is 0 Å². The van der Waals surface area contributed by atoms with Gasteiger partial charge in [-0.3, -0.25) is 0 Å². The molecule has 0 bridgehead atoms. The summed E-state index contributed by atoms with van der Waals surface area (Å²) in [5.41, 5.74) is 1.71. The first-order valence-corrected chi connectivity index (χ1v) is 8.73. The predicted octanol–water partition coefficient (Wildman–Crippen LogP) is 3.14. The monoisotopic (exact) mass is 314 g/mol. The smallest absolute Gasteiger partial charge is 0.129 e. The zero-order chi connectivity index (χ0) is 15.7. The number of benzene rings is 1. The summed E-state index contributed by atoms with van der Waals surface area (Å²) in [6.45, 7) is 4.04. The van der Waals surface area contributed by atoms with Crippen molar-refractivity contribution < 1.29 is 9.13 Å². The molecule has 1 N–H and O–H groups in total. The van der Waals surface area contributed by atoms with E-state index in [4.69, 9.17) is 4.74 Å². The Morgan fingerprint density at radius 1 is 1.43 bits per heavy atom. The molecule has 120 valence electrons. The van der Waals surface area contributed by atoms with Gasteiger partial charge in [-0.15, -0.1) is 0 Å². The third kappa shape index (κ3) is 5.49. The van der Waals surface area contributed by atoms with Gasteiger partial charge in [0.05, 0.1) is 6.61 Å². The van der Waals surface area contributed by atoms with Crippen molar-refractivity contribution in [1.29, 1.82) is 0 Å². The average molecular weight is 314 g/mol. The number of anilines is 1. The Bertz CT molecular complexity index is 417. The second-order valence-electron chi connectivity index (χ2n) is 5.04. The highest BCUT2D eigenvalue weighted by Crippen LogP contribution is 2.25. The van der Waals surface area contributed by atoms with Crippen molar-refractivity contribution in [2.75, 3.05) is 44.2 Å². The van der Waals surface area contributed by atoms with E-state index in [-0.39, 0.29) is 5.82 Å². The topological polar surface area (TPSA) is 24.5 Å². The van der Waals surface area contributed by atoms with Gasteiger partial charge in [0, 0.05) is 50.3 Å². The van der Waals surface area contributed by atoms with E-state index in [9.17, 15) is 4.39 Å². The van der Waals surface area contributed by atoms with Gasteiger partial charge in [0.1, 0.15) is 5.82 Å². The molecule has 5 heteroatoms. The summed E-state index contributed by atoms with van der Waals surface area (Å²) >= 11 is 1.82. The second kappa shape index (κ2) is 10.0. The van der Waals surface area contributed by atoms with E-state index in [1.807, 2.05) is 17.8 Å². The third-order valence-corrected chi connectivity index (χ3v) is 4.35. The van der Waals surface area contributed by atoms with E-state index >= 15 is 0 Å². The fourth-order valence-corrected chi connectivity index (χ4v) is 3.18. The first-order chi connectivity index (χ1) is 10.2. The Balaban J connectivity index is 2.87. The molecule has 0 aliphatic rings. The van der Waals surface area contributed by atoms with Crippen LogP contribution in [0.2, 0.25) is 0 Å². The van der Waals surface area contributed by atoms with Crippen LogP contribution in [-0.2, 0) is 11.3 Å². The molecule has 0 fully saturated rings. The number of nitrogens with one attached hydrogen (secondary N) is 1. The Hall–Kier alpha value is -0.780. The van der Waals surface area contributed by atoms with Gasteiger partial charge in [-0.1, -0.05) is 13.0 Å². The molecule has 0 saturated carbocycles. The molecule has 0 spiro atoms. The highest BCUT2D eigenvalue weighted by Gasteiger charge is 2.17. The summed E-state index contributed by atoms with van der Waals surface area (Å²) in [6.07, 6.45) is 3.15. The maximum Gasteiger partial charge on any atom is 0.129 e. The van der Waals surface area contributed by atoms with Crippen molar-refractivity contribution >= 4 is 17.4 Å². The van der Waals surface area contributed by atoms with Crippen LogP contribution < -0.4 is 10.2 Å². The second-order valence-corrected chi connectivity index (χ2v) is 5.95. The maximum absolute atomic E-state index is 14.2. The minimum Gasteiger partial charge on any atom is -0.383 e. The van der Waals surface area contributed by atoms with Crippen molar-refractivity contribution in [2.24, 2.45) is 0 Å². The van der Waals surface area contributed by atoms with Crippen molar-refractivity contribution in [3.05, 3.63) is 29.6 Å². The SMILES string of the molecule is CCC(CSC)N(C)c1cccc(F)c1CNCCOC. The molecule has 0 saturated heterocycles. The molecule has 1 atom stereocenters. The lowest BCUT2D eigenvalue weighted by Gasteiger charge is -2.31. The molecule has 0 radical (unpaired) electrons. The fourth-order valence-electron chi connectivity index (χ4n) is 2.33. The number of rotatable bonds is 10. The fraction of sp³-hybridized carbons (Fsp3) is 0.625. The predicted molar refractivity (Wildman–Crippen MR) is 90.8 cm³/mol. The Labute approximate surface area is 132 Å². The van der Waals surface area contributed by atoms with Crippen LogP contribution in [0, 0.1) is 5.82 Å². The quantitative estimate of drug-likeness (QED) is 0.671. The van der Waals surface area contributed by atoms with Gasteiger partial charge < -0.3 is 15.0 Å². The molecule has 1 aromatic carbocycles. The molecule has 21 heavy (non-hydrogen) atoms. The molecule has 0 aliphatic carbocycles. The van der Waals surface area contributed by atoms with Crippen LogP contribution in [0.1, 0.15) is 18.9 Å². The standard InChI is InChI=1S/C16H27FN2OS/c1-5-13(12-21-4)19(2)16-8-6-7-15(17)14(16)11-18-9-10-20-3/h6-8,13,18H,5,9-12H2,1-4H3. The van der Waals surface area contributed by atoms with Gasteiger partial charge in [-0.2, -0.15) is 11.8 Å². The highest BCUT2D eigenvalue weighted by molar-refractivity contribution is 7.98. The lowest BCUT2D eigenvalue weighted by atomic mass is 10.1. The summed E-state index contributed by atoms with van der Waals surface area (Å²) in [4.78, 5) is 2.20. The van der Waals surface area contributed by atoms with Crippen molar-refractivity contribution in [3.8, 4) is 0 Å². The number of methoxy groups -OCH3 is 1. The summed E-state index contributed by atoms with van der Waals surface area (Å²) in [6, 6.07) is 5.73. The Morgan fingerprint density at radius 3 is 2.81 bits per heavy atom. The molecule has 0 heterocycles.